The lowest BCUT2D eigenvalue weighted by atomic mass is 10.1. The van der Waals surface area contributed by atoms with Gasteiger partial charge in [-0.1, -0.05) is 11.6 Å². The summed E-state index contributed by atoms with van der Waals surface area (Å²) in [6, 6.07) is 3.42. The molecular formula is C14H15ClN2O2S. The molecule has 1 aliphatic heterocycles. The molecule has 0 radical (unpaired) electrons. The van der Waals surface area contributed by atoms with Crippen LogP contribution in [0, 0.1) is 6.92 Å². The van der Waals surface area contributed by atoms with Gasteiger partial charge in [0.1, 0.15) is 5.01 Å². The van der Waals surface area contributed by atoms with E-state index in [1.165, 1.54) is 0 Å². The van der Waals surface area contributed by atoms with E-state index in [1.807, 2.05) is 25.3 Å². The third-order valence-electron chi connectivity index (χ3n) is 3.09. The molecule has 106 valence electrons. The van der Waals surface area contributed by atoms with Crippen LogP contribution in [0.2, 0.25) is 5.02 Å². The summed E-state index contributed by atoms with van der Waals surface area (Å²) in [5.74, 6) is 1.27. The van der Waals surface area contributed by atoms with Crippen LogP contribution in [0.4, 0.5) is 0 Å². The van der Waals surface area contributed by atoms with Gasteiger partial charge < -0.3 is 15.2 Å². The standard InChI is InChI=1S/C14H15ClN2O2S/c1-8-7-17-14(20-8)12(16)9-5-10(15)13-11(6-9)18-3-2-4-19-13/h5-7,12H,2-4,16H2,1H3. The molecule has 0 spiro atoms. The van der Waals surface area contributed by atoms with Gasteiger partial charge in [0.25, 0.3) is 0 Å². The predicted octanol–water partition coefficient (Wildman–Crippen LogP) is 3.31. The predicted molar refractivity (Wildman–Crippen MR) is 79.9 cm³/mol. The molecular weight excluding hydrogens is 296 g/mol. The highest BCUT2D eigenvalue weighted by Gasteiger charge is 2.20. The quantitative estimate of drug-likeness (QED) is 0.924. The molecule has 1 aromatic heterocycles. The Morgan fingerprint density at radius 3 is 2.90 bits per heavy atom. The Morgan fingerprint density at radius 2 is 2.15 bits per heavy atom. The number of nitrogens with two attached hydrogens (primary N) is 1. The zero-order chi connectivity index (χ0) is 14.1. The molecule has 0 aliphatic carbocycles. The van der Waals surface area contributed by atoms with E-state index in [4.69, 9.17) is 26.8 Å². The average Bonchev–Trinajstić information content (AvgIpc) is 2.72. The Hall–Kier alpha value is -1.30. The van der Waals surface area contributed by atoms with Crippen LogP contribution < -0.4 is 15.2 Å². The van der Waals surface area contributed by atoms with Crippen molar-refractivity contribution in [2.75, 3.05) is 13.2 Å². The van der Waals surface area contributed by atoms with E-state index in [9.17, 15) is 0 Å². The number of ether oxygens (including phenoxy) is 2. The average molecular weight is 311 g/mol. The lowest BCUT2D eigenvalue weighted by Gasteiger charge is -2.14. The number of fused-ring (bicyclic) bond motifs is 1. The fourth-order valence-electron chi connectivity index (χ4n) is 2.09. The first-order chi connectivity index (χ1) is 9.65. The number of benzene rings is 1. The number of halogens is 1. The first kappa shape index (κ1) is 13.7. The number of hydrogen-bond donors (Lipinski definition) is 1. The first-order valence-electron chi connectivity index (χ1n) is 6.42. The second kappa shape index (κ2) is 5.60. The van der Waals surface area contributed by atoms with E-state index in [0.29, 0.717) is 29.7 Å². The van der Waals surface area contributed by atoms with Gasteiger partial charge in [0.2, 0.25) is 0 Å². The van der Waals surface area contributed by atoms with Crippen LogP contribution in [-0.2, 0) is 0 Å². The Morgan fingerprint density at radius 1 is 1.35 bits per heavy atom. The second-order valence-electron chi connectivity index (χ2n) is 4.67. The largest absolute Gasteiger partial charge is 0.489 e. The Balaban J connectivity index is 1.98. The van der Waals surface area contributed by atoms with Crippen molar-refractivity contribution in [2.45, 2.75) is 19.4 Å². The van der Waals surface area contributed by atoms with Crippen LogP contribution in [0.25, 0.3) is 0 Å². The molecule has 1 atom stereocenters. The highest BCUT2D eigenvalue weighted by atomic mass is 35.5. The van der Waals surface area contributed by atoms with Crippen molar-refractivity contribution in [3.63, 3.8) is 0 Å². The van der Waals surface area contributed by atoms with Gasteiger partial charge in [0.05, 0.1) is 24.3 Å². The second-order valence-corrected chi connectivity index (χ2v) is 6.34. The summed E-state index contributed by atoms with van der Waals surface area (Å²) in [5, 5.41) is 1.40. The molecule has 1 aliphatic rings. The number of aryl methyl sites for hydroxylation is 1. The van der Waals surface area contributed by atoms with Crippen molar-refractivity contribution in [3.05, 3.63) is 38.8 Å². The highest BCUT2D eigenvalue weighted by Crippen LogP contribution is 2.40. The number of nitrogens with zero attached hydrogens (tertiary/aromatic N) is 1. The van der Waals surface area contributed by atoms with Gasteiger partial charge in [0, 0.05) is 17.5 Å². The molecule has 0 fully saturated rings. The maximum atomic E-state index is 6.28. The van der Waals surface area contributed by atoms with Gasteiger partial charge in [-0.2, -0.15) is 0 Å². The van der Waals surface area contributed by atoms with Crippen molar-refractivity contribution in [2.24, 2.45) is 5.73 Å². The van der Waals surface area contributed by atoms with Crippen molar-refractivity contribution in [1.29, 1.82) is 0 Å². The lowest BCUT2D eigenvalue weighted by Crippen LogP contribution is -2.11. The summed E-state index contributed by atoms with van der Waals surface area (Å²) in [4.78, 5) is 5.47. The third kappa shape index (κ3) is 2.61. The van der Waals surface area contributed by atoms with Crippen molar-refractivity contribution < 1.29 is 9.47 Å². The van der Waals surface area contributed by atoms with E-state index in [0.717, 1.165) is 21.9 Å². The van der Waals surface area contributed by atoms with Crippen LogP contribution in [0.15, 0.2) is 18.3 Å². The van der Waals surface area contributed by atoms with E-state index < -0.39 is 0 Å². The van der Waals surface area contributed by atoms with Crippen LogP contribution in [-0.4, -0.2) is 18.2 Å². The van der Waals surface area contributed by atoms with Crippen molar-refractivity contribution in [1.82, 2.24) is 4.98 Å². The third-order valence-corrected chi connectivity index (χ3v) is 4.37. The molecule has 1 unspecified atom stereocenters. The lowest BCUT2D eigenvalue weighted by molar-refractivity contribution is 0.297. The normalized spacial score (nSPS) is 15.8. The Kier molecular flexibility index (Phi) is 3.83. The van der Waals surface area contributed by atoms with Gasteiger partial charge in [-0.25, -0.2) is 4.98 Å². The van der Waals surface area contributed by atoms with Gasteiger partial charge in [-0.05, 0) is 24.6 Å². The minimum Gasteiger partial charge on any atom is -0.489 e. The minimum absolute atomic E-state index is 0.302. The molecule has 1 aromatic carbocycles. The molecule has 0 bridgehead atoms. The summed E-state index contributed by atoms with van der Waals surface area (Å²) in [5.41, 5.74) is 7.15. The van der Waals surface area contributed by atoms with Crippen LogP contribution in [0.1, 0.15) is 27.9 Å². The van der Waals surface area contributed by atoms with E-state index in [-0.39, 0.29) is 6.04 Å². The van der Waals surface area contributed by atoms with E-state index >= 15 is 0 Å². The number of rotatable bonds is 2. The molecule has 2 heterocycles. The number of hydrogen-bond acceptors (Lipinski definition) is 5. The number of thiazole rings is 1. The molecule has 2 aromatic rings. The molecule has 6 heteroatoms. The molecule has 2 N–H and O–H groups in total. The maximum absolute atomic E-state index is 6.28. The molecule has 0 saturated heterocycles. The topological polar surface area (TPSA) is 57.4 Å². The minimum atomic E-state index is -0.302. The zero-order valence-electron chi connectivity index (χ0n) is 11.1. The fraction of sp³-hybridized carbons (Fsp3) is 0.357. The summed E-state index contributed by atoms with van der Waals surface area (Å²) in [7, 11) is 0. The van der Waals surface area contributed by atoms with E-state index in [2.05, 4.69) is 4.98 Å². The zero-order valence-corrected chi connectivity index (χ0v) is 12.6. The highest BCUT2D eigenvalue weighted by molar-refractivity contribution is 7.11. The van der Waals surface area contributed by atoms with Gasteiger partial charge >= 0.3 is 0 Å². The monoisotopic (exact) mass is 310 g/mol. The van der Waals surface area contributed by atoms with Gasteiger partial charge in [0.15, 0.2) is 11.5 Å². The van der Waals surface area contributed by atoms with Crippen LogP contribution in [0.5, 0.6) is 11.5 Å². The summed E-state index contributed by atoms with van der Waals surface area (Å²) in [6.45, 7) is 3.25. The smallest absolute Gasteiger partial charge is 0.179 e. The van der Waals surface area contributed by atoms with E-state index in [1.54, 1.807) is 11.3 Å². The molecule has 0 saturated carbocycles. The molecule has 0 amide bonds. The van der Waals surface area contributed by atoms with Crippen LogP contribution in [0.3, 0.4) is 0 Å². The summed E-state index contributed by atoms with van der Waals surface area (Å²) >= 11 is 7.87. The van der Waals surface area contributed by atoms with Gasteiger partial charge in [-0.15, -0.1) is 11.3 Å². The van der Waals surface area contributed by atoms with Crippen molar-refractivity contribution >= 4 is 22.9 Å². The van der Waals surface area contributed by atoms with Gasteiger partial charge in [-0.3, -0.25) is 0 Å². The molecule has 3 rings (SSSR count). The summed E-state index contributed by atoms with van der Waals surface area (Å²) < 4.78 is 11.3. The Labute approximate surface area is 126 Å². The molecule has 4 nitrogen and oxygen atoms in total. The molecule has 20 heavy (non-hydrogen) atoms. The first-order valence-corrected chi connectivity index (χ1v) is 7.61. The van der Waals surface area contributed by atoms with Crippen molar-refractivity contribution in [3.8, 4) is 11.5 Å². The fourth-order valence-corrected chi connectivity index (χ4v) is 3.17. The van der Waals surface area contributed by atoms with Crippen LogP contribution >= 0.6 is 22.9 Å². The summed E-state index contributed by atoms with van der Waals surface area (Å²) in [6.07, 6.45) is 2.67. The SMILES string of the molecule is Cc1cnc(C(N)c2cc(Cl)c3c(c2)OCCCO3)s1. The maximum Gasteiger partial charge on any atom is 0.179 e. The number of aromatic nitrogens is 1. The Bertz CT molecular complexity index is 630.